The first-order chi connectivity index (χ1) is 9.69. The van der Waals surface area contributed by atoms with Crippen LogP contribution < -0.4 is 15.8 Å². The highest BCUT2D eigenvalue weighted by Gasteiger charge is 2.02. The van der Waals surface area contributed by atoms with Gasteiger partial charge < -0.3 is 15.8 Å². The minimum atomic E-state index is 0.649. The highest BCUT2D eigenvalue weighted by molar-refractivity contribution is 6.31. The van der Waals surface area contributed by atoms with Gasteiger partial charge in [0.15, 0.2) is 0 Å². The fraction of sp³-hybridized carbons (Fsp3) is 0.250. The van der Waals surface area contributed by atoms with Crippen LogP contribution in [0.25, 0.3) is 0 Å². The lowest BCUT2D eigenvalue weighted by Crippen LogP contribution is -2.02. The van der Waals surface area contributed by atoms with Crippen molar-refractivity contribution in [1.82, 2.24) is 0 Å². The van der Waals surface area contributed by atoms with Gasteiger partial charge in [-0.3, -0.25) is 0 Å². The van der Waals surface area contributed by atoms with Crippen LogP contribution in [0.4, 0.5) is 11.4 Å². The molecule has 0 fully saturated rings. The van der Waals surface area contributed by atoms with E-state index in [4.69, 9.17) is 22.1 Å². The molecule has 0 radical (unpaired) electrons. The zero-order valence-electron chi connectivity index (χ0n) is 11.5. The Bertz CT molecular complexity index is 572. The van der Waals surface area contributed by atoms with Crippen molar-refractivity contribution in [3.05, 3.63) is 53.1 Å². The lowest BCUT2D eigenvalue weighted by atomic mass is 10.2. The summed E-state index contributed by atoms with van der Waals surface area (Å²) in [6.07, 6.45) is 0.969. The van der Waals surface area contributed by atoms with E-state index in [-0.39, 0.29) is 0 Å². The molecule has 2 rings (SSSR count). The number of hydrogen-bond acceptors (Lipinski definition) is 3. The van der Waals surface area contributed by atoms with Gasteiger partial charge in [-0.1, -0.05) is 36.7 Å². The van der Waals surface area contributed by atoms with Gasteiger partial charge in [-0.25, -0.2) is 0 Å². The van der Waals surface area contributed by atoms with Crippen LogP contribution >= 0.6 is 11.6 Å². The van der Waals surface area contributed by atoms with Crippen molar-refractivity contribution < 1.29 is 4.74 Å². The smallest absolute Gasteiger partial charge is 0.123 e. The maximum atomic E-state index is 6.13. The summed E-state index contributed by atoms with van der Waals surface area (Å²) in [7, 11) is 0. The average Bonchev–Trinajstić information content (AvgIpc) is 2.44. The number of nitrogens with one attached hydrogen (secondary N) is 1. The summed E-state index contributed by atoms with van der Waals surface area (Å²) in [5.41, 5.74) is 8.54. The number of hydrogen-bond donors (Lipinski definition) is 2. The van der Waals surface area contributed by atoms with Crippen LogP contribution in [0.5, 0.6) is 5.75 Å². The lowest BCUT2D eigenvalue weighted by molar-refractivity contribution is 0.318. The number of halogens is 1. The molecule has 2 aromatic rings. The van der Waals surface area contributed by atoms with E-state index in [1.807, 2.05) is 42.5 Å². The minimum absolute atomic E-state index is 0.649. The van der Waals surface area contributed by atoms with E-state index < -0.39 is 0 Å². The summed E-state index contributed by atoms with van der Waals surface area (Å²) >= 11 is 6.13. The zero-order chi connectivity index (χ0) is 14.4. The Balaban J connectivity index is 2.05. The van der Waals surface area contributed by atoms with Crippen molar-refractivity contribution in [3.8, 4) is 5.75 Å². The molecule has 2 aromatic carbocycles. The molecule has 0 aromatic heterocycles. The molecule has 0 atom stereocenters. The molecule has 0 spiro atoms. The Morgan fingerprint density at radius 1 is 1.20 bits per heavy atom. The number of nitrogen functional groups attached to an aromatic ring is 1. The maximum absolute atomic E-state index is 6.13. The zero-order valence-corrected chi connectivity index (χ0v) is 12.3. The van der Waals surface area contributed by atoms with Crippen molar-refractivity contribution in [2.24, 2.45) is 0 Å². The molecule has 20 heavy (non-hydrogen) atoms. The third-order valence-electron chi connectivity index (χ3n) is 2.84. The molecule has 0 amide bonds. The minimum Gasteiger partial charge on any atom is -0.493 e. The van der Waals surface area contributed by atoms with Crippen molar-refractivity contribution in [1.29, 1.82) is 0 Å². The standard InChI is InChI=1S/C16H19ClN2O/c1-2-7-20-15-9-13(18)8-14(10-15)19-11-12-5-3-4-6-16(12)17/h3-6,8-10,19H,2,7,11,18H2,1H3. The molecule has 3 N–H and O–H groups in total. The van der Waals surface area contributed by atoms with E-state index in [2.05, 4.69) is 12.2 Å². The highest BCUT2D eigenvalue weighted by Crippen LogP contribution is 2.24. The summed E-state index contributed by atoms with van der Waals surface area (Å²) < 4.78 is 5.61. The van der Waals surface area contributed by atoms with Crippen LogP contribution in [-0.2, 0) is 6.54 Å². The first-order valence-corrected chi connectivity index (χ1v) is 7.07. The summed E-state index contributed by atoms with van der Waals surface area (Å²) in [5, 5.41) is 4.07. The number of rotatable bonds is 6. The average molecular weight is 291 g/mol. The summed E-state index contributed by atoms with van der Waals surface area (Å²) in [6, 6.07) is 13.4. The quantitative estimate of drug-likeness (QED) is 0.779. The predicted octanol–water partition coefficient (Wildman–Crippen LogP) is 4.32. The molecule has 106 valence electrons. The van der Waals surface area contributed by atoms with Crippen LogP contribution in [-0.4, -0.2) is 6.61 Å². The van der Waals surface area contributed by atoms with Gasteiger partial charge in [0, 0.05) is 35.1 Å². The van der Waals surface area contributed by atoms with E-state index in [1.54, 1.807) is 0 Å². The van der Waals surface area contributed by atoms with E-state index in [0.29, 0.717) is 18.8 Å². The van der Waals surface area contributed by atoms with Gasteiger partial charge in [0.1, 0.15) is 5.75 Å². The normalized spacial score (nSPS) is 10.3. The van der Waals surface area contributed by atoms with Crippen LogP contribution in [0.1, 0.15) is 18.9 Å². The molecule has 4 heteroatoms. The Labute approximate surface area is 124 Å². The summed E-state index contributed by atoms with van der Waals surface area (Å²) in [6.45, 7) is 3.41. The number of benzene rings is 2. The molecule has 0 saturated heterocycles. The molecular weight excluding hydrogens is 272 g/mol. The van der Waals surface area contributed by atoms with Crippen molar-refractivity contribution in [3.63, 3.8) is 0 Å². The molecule has 0 bridgehead atoms. The van der Waals surface area contributed by atoms with E-state index in [9.17, 15) is 0 Å². The fourth-order valence-corrected chi connectivity index (χ4v) is 2.07. The lowest BCUT2D eigenvalue weighted by Gasteiger charge is -2.11. The Kier molecular flexibility index (Phi) is 5.13. The molecule has 0 aliphatic heterocycles. The van der Waals surface area contributed by atoms with E-state index in [0.717, 1.165) is 28.4 Å². The van der Waals surface area contributed by atoms with Crippen molar-refractivity contribution in [2.75, 3.05) is 17.7 Å². The maximum Gasteiger partial charge on any atom is 0.123 e. The number of nitrogens with two attached hydrogens (primary N) is 1. The third kappa shape index (κ3) is 4.07. The molecule has 0 unspecified atom stereocenters. The van der Waals surface area contributed by atoms with Crippen molar-refractivity contribution >= 4 is 23.0 Å². The largest absolute Gasteiger partial charge is 0.493 e. The third-order valence-corrected chi connectivity index (χ3v) is 3.21. The molecule has 0 aliphatic rings. The second kappa shape index (κ2) is 7.06. The first-order valence-electron chi connectivity index (χ1n) is 6.69. The van der Waals surface area contributed by atoms with E-state index in [1.165, 1.54) is 0 Å². The Morgan fingerprint density at radius 2 is 2.00 bits per heavy atom. The second-order valence-electron chi connectivity index (χ2n) is 4.58. The van der Waals surface area contributed by atoms with Gasteiger partial charge >= 0.3 is 0 Å². The van der Waals surface area contributed by atoms with Crippen molar-refractivity contribution in [2.45, 2.75) is 19.9 Å². The monoisotopic (exact) mass is 290 g/mol. The fourth-order valence-electron chi connectivity index (χ4n) is 1.87. The second-order valence-corrected chi connectivity index (χ2v) is 4.99. The van der Waals surface area contributed by atoms with Crippen LogP contribution in [0.15, 0.2) is 42.5 Å². The summed E-state index contributed by atoms with van der Waals surface area (Å²) in [5.74, 6) is 0.786. The van der Waals surface area contributed by atoms with Gasteiger partial charge in [0.05, 0.1) is 6.61 Å². The van der Waals surface area contributed by atoms with Gasteiger partial charge in [-0.2, -0.15) is 0 Å². The van der Waals surface area contributed by atoms with E-state index >= 15 is 0 Å². The van der Waals surface area contributed by atoms with Gasteiger partial charge in [0.25, 0.3) is 0 Å². The first kappa shape index (κ1) is 14.5. The molecule has 0 saturated carbocycles. The van der Waals surface area contributed by atoms with Gasteiger partial charge in [-0.05, 0) is 24.1 Å². The SMILES string of the molecule is CCCOc1cc(N)cc(NCc2ccccc2Cl)c1. The molecule has 3 nitrogen and oxygen atoms in total. The van der Waals surface area contributed by atoms with Crippen LogP contribution in [0.2, 0.25) is 5.02 Å². The predicted molar refractivity (Wildman–Crippen MR) is 85.4 cm³/mol. The summed E-state index contributed by atoms with van der Waals surface area (Å²) in [4.78, 5) is 0. The van der Waals surface area contributed by atoms with Crippen LogP contribution in [0.3, 0.4) is 0 Å². The number of ether oxygens (including phenoxy) is 1. The molecular formula is C16H19ClN2O. The number of anilines is 2. The highest BCUT2D eigenvalue weighted by atomic mass is 35.5. The topological polar surface area (TPSA) is 47.3 Å². The van der Waals surface area contributed by atoms with Gasteiger partial charge in [-0.15, -0.1) is 0 Å². The molecule has 0 aliphatic carbocycles. The van der Waals surface area contributed by atoms with Crippen LogP contribution in [0, 0.1) is 0 Å². The Hall–Kier alpha value is -1.87. The molecule has 0 heterocycles. The Morgan fingerprint density at radius 3 is 2.75 bits per heavy atom. The van der Waals surface area contributed by atoms with Gasteiger partial charge in [0.2, 0.25) is 0 Å².